The number of halogens is 2. The highest BCUT2D eigenvalue weighted by molar-refractivity contribution is 5.85. The molecule has 3 N–H and O–H groups in total. The Morgan fingerprint density at radius 1 is 1.22 bits per heavy atom. The molecule has 2 rings (SSSR count). The van der Waals surface area contributed by atoms with E-state index in [-0.39, 0.29) is 36.8 Å². The zero-order valence-corrected chi connectivity index (χ0v) is 15.6. The summed E-state index contributed by atoms with van der Waals surface area (Å²) in [5.74, 6) is 0.485. The molecule has 1 aliphatic rings. The number of nitrogens with one attached hydrogen (secondary N) is 1. The minimum atomic E-state index is 0. The number of benzene rings is 1. The molecule has 0 saturated heterocycles. The van der Waals surface area contributed by atoms with Gasteiger partial charge in [0.15, 0.2) is 0 Å². The number of hydrogen-bond donors (Lipinski definition) is 2. The molecule has 1 aromatic rings. The summed E-state index contributed by atoms with van der Waals surface area (Å²) in [7, 11) is 4.10. The number of nitrogens with zero attached hydrogens (tertiary/aromatic N) is 1. The standard InChI is InChI=1S/C17H27N3O.2ClH/c1-20(2)12-15-7-4-3-6-14(15)11-19-17(21)10-13-8-5-9-16(13)18;;/h3-4,6-7,13,16H,5,8-12,18H2,1-2H3,(H,19,21);2*1H/t13-,16+;;/m0../s1. The van der Waals surface area contributed by atoms with Crippen molar-refractivity contribution in [3.05, 3.63) is 35.4 Å². The summed E-state index contributed by atoms with van der Waals surface area (Å²) < 4.78 is 0. The van der Waals surface area contributed by atoms with E-state index in [1.54, 1.807) is 0 Å². The highest BCUT2D eigenvalue weighted by Gasteiger charge is 2.25. The predicted molar refractivity (Wildman–Crippen MR) is 100 cm³/mol. The summed E-state index contributed by atoms with van der Waals surface area (Å²) in [4.78, 5) is 14.2. The van der Waals surface area contributed by atoms with Gasteiger partial charge in [-0.1, -0.05) is 30.7 Å². The molecule has 4 nitrogen and oxygen atoms in total. The molecule has 0 spiro atoms. The van der Waals surface area contributed by atoms with Gasteiger partial charge in [0, 0.05) is 25.6 Å². The summed E-state index contributed by atoms with van der Waals surface area (Å²) >= 11 is 0. The molecule has 23 heavy (non-hydrogen) atoms. The number of carbonyl (C=O) groups excluding carboxylic acids is 1. The van der Waals surface area contributed by atoms with Gasteiger partial charge in [-0.3, -0.25) is 4.79 Å². The Labute approximate surface area is 152 Å². The molecule has 0 unspecified atom stereocenters. The average Bonchev–Trinajstić information content (AvgIpc) is 2.83. The van der Waals surface area contributed by atoms with E-state index in [0.29, 0.717) is 18.9 Å². The van der Waals surface area contributed by atoms with Crippen molar-refractivity contribution >= 4 is 30.7 Å². The summed E-state index contributed by atoms with van der Waals surface area (Å²) in [6, 6.07) is 8.47. The lowest BCUT2D eigenvalue weighted by Gasteiger charge is -2.17. The van der Waals surface area contributed by atoms with Crippen LogP contribution in [0.15, 0.2) is 24.3 Å². The van der Waals surface area contributed by atoms with Crippen molar-refractivity contribution < 1.29 is 4.79 Å². The Hall–Kier alpha value is -0.810. The zero-order valence-electron chi connectivity index (χ0n) is 14.0. The van der Waals surface area contributed by atoms with Crippen LogP contribution in [0.4, 0.5) is 0 Å². The second-order valence-corrected chi connectivity index (χ2v) is 6.34. The molecule has 0 aromatic heterocycles. The van der Waals surface area contributed by atoms with E-state index in [1.165, 1.54) is 11.1 Å². The lowest BCUT2D eigenvalue weighted by molar-refractivity contribution is -0.122. The summed E-state index contributed by atoms with van der Waals surface area (Å²) in [5, 5.41) is 3.05. The van der Waals surface area contributed by atoms with Crippen LogP contribution in [0.5, 0.6) is 0 Å². The van der Waals surface area contributed by atoms with Gasteiger partial charge >= 0.3 is 0 Å². The molecule has 6 heteroatoms. The fraction of sp³-hybridized carbons (Fsp3) is 0.588. The minimum Gasteiger partial charge on any atom is -0.352 e. The largest absolute Gasteiger partial charge is 0.352 e. The van der Waals surface area contributed by atoms with Crippen molar-refractivity contribution in [2.75, 3.05) is 14.1 Å². The fourth-order valence-electron chi connectivity index (χ4n) is 3.05. The van der Waals surface area contributed by atoms with Gasteiger partial charge in [0.05, 0.1) is 0 Å². The topological polar surface area (TPSA) is 58.4 Å². The third-order valence-corrected chi connectivity index (χ3v) is 4.25. The summed E-state index contributed by atoms with van der Waals surface area (Å²) in [5.41, 5.74) is 8.48. The van der Waals surface area contributed by atoms with E-state index < -0.39 is 0 Å². The highest BCUT2D eigenvalue weighted by Crippen LogP contribution is 2.26. The molecule has 1 saturated carbocycles. The van der Waals surface area contributed by atoms with Gasteiger partial charge in [-0.15, -0.1) is 24.8 Å². The first kappa shape index (κ1) is 22.2. The second-order valence-electron chi connectivity index (χ2n) is 6.34. The van der Waals surface area contributed by atoms with E-state index in [1.807, 2.05) is 12.1 Å². The van der Waals surface area contributed by atoms with Crippen LogP contribution >= 0.6 is 24.8 Å². The molecule has 1 aromatic carbocycles. The lowest BCUT2D eigenvalue weighted by Crippen LogP contribution is -2.31. The van der Waals surface area contributed by atoms with Gasteiger partial charge in [0.1, 0.15) is 0 Å². The van der Waals surface area contributed by atoms with Crippen LogP contribution in [0.25, 0.3) is 0 Å². The van der Waals surface area contributed by atoms with Gasteiger partial charge in [-0.25, -0.2) is 0 Å². The van der Waals surface area contributed by atoms with E-state index in [9.17, 15) is 4.79 Å². The lowest BCUT2D eigenvalue weighted by atomic mass is 10.00. The van der Waals surface area contributed by atoms with Crippen molar-refractivity contribution in [2.45, 2.75) is 44.8 Å². The second kappa shape index (κ2) is 10.9. The molecule has 1 aliphatic carbocycles. The number of rotatable bonds is 6. The minimum absolute atomic E-state index is 0. The molecule has 0 heterocycles. The maximum absolute atomic E-state index is 12.1. The zero-order chi connectivity index (χ0) is 15.2. The Bertz CT molecular complexity index is 483. The molecule has 2 atom stereocenters. The van der Waals surface area contributed by atoms with Crippen molar-refractivity contribution in [3.8, 4) is 0 Å². The summed E-state index contributed by atoms with van der Waals surface area (Å²) in [6.07, 6.45) is 3.87. The van der Waals surface area contributed by atoms with Crippen LogP contribution in [0, 0.1) is 5.92 Å². The van der Waals surface area contributed by atoms with E-state index in [2.05, 4.69) is 36.4 Å². The molecule has 0 aliphatic heterocycles. The van der Waals surface area contributed by atoms with Gasteiger partial charge in [-0.05, 0) is 44.0 Å². The smallest absolute Gasteiger partial charge is 0.220 e. The Balaban J connectivity index is 0.00000242. The Morgan fingerprint density at radius 2 is 1.87 bits per heavy atom. The van der Waals surface area contributed by atoms with Crippen LogP contribution in [-0.4, -0.2) is 30.9 Å². The maximum atomic E-state index is 12.1. The normalized spacial score (nSPS) is 19.8. The number of hydrogen-bond acceptors (Lipinski definition) is 3. The highest BCUT2D eigenvalue weighted by atomic mass is 35.5. The Morgan fingerprint density at radius 3 is 2.43 bits per heavy atom. The third kappa shape index (κ3) is 7.08. The molecule has 1 amide bonds. The van der Waals surface area contributed by atoms with E-state index >= 15 is 0 Å². The quantitative estimate of drug-likeness (QED) is 0.818. The van der Waals surface area contributed by atoms with Gasteiger partial charge < -0.3 is 16.0 Å². The van der Waals surface area contributed by atoms with E-state index in [4.69, 9.17) is 5.73 Å². The first-order valence-electron chi connectivity index (χ1n) is 7.80. The molecular weight excluding hydrogens is 333 g/mol. The molecule has 132 valence electrons. The van der Waals surface area contributed by atoms with Crippen molar-refractivity contribution in [3.63, 3.8) is 0 Å². The monoisotopic (exact) mass is 361 g/mol. The number of carbonyl (C=O) groups is 1. The van der Waals surface area contributed by atoms with Crippen molar-refractivity contribution in [1.29, 1.82) is 0 Å². The van der Waals surface area contributed by atoms with Crippen LogP contribution < -0.4 is 11.1 Å². The van der Waals surface area contributed by atoms with Crippen LogP contribution in [0.2, 0.25) is 0 Å². The van der Waals surface area contributed by atoms with Crippen LogP contribution in [-0.2, 0) is 17.9 Å². The summed E-state index contributed by atoms with van der Waals surface area (Å²) in [6.45, 7) is 1.49. The first-order chi connectivity index (χ1) is 10.1. The molecule has 0 bridgehead atoms. The first-order valence-corrected chi connectivity index (χ1v) is 7.80. The van der Waals surface area contributed by atoms with Gasteiger partial charge in [-0.2, -0.15) is 0 Å². The van der Waals surface area contributed by atoms with Crippen LogP contribution in [0.1, 0.15) is 36.8 Å². The maximum Gasteiger partial charge on any atom is 0.220 e. The van der Waals surface area contributed by atoms with E-state index in [0.717, 1.165) is 25.8 Å². The predicted octanol–water partition coefficient (Wildman–Crippen LogP) is 2.73. The molecule has 0 radical (unpaired) electrons. The average molecular weight is 362 g/mol. The van der Waals surface area contributed by atoms with Gasteiger partial charge in [0.25, 0.3) is 0 Å². The molecule has 1 fully saturated rings. The SMILES string of the molecule is CN(C)Cc1ccccc1CNC(=O)C[C@@H]1CCC[C@H]1N.Cl.Cl. The van der Waals surface area contributed by atoms with Crippen LogP contribution in [0.3, 0.4) is 0 Å². The van der Waals surface area contributed by atoms with Crippen molar-refractivity contribution in [2.24, 2.45) is 11.7 Å². The third-order valence-electron chi connectivity index (χ3n) is 4.25. The number of nitrogens with two attached hydrogens (primary N) is 1. The fourth-order valence-corrected chi connectivity index (χ4v) is 3.05. The van der Waals surface area contributed by atoms with Crippen molar-refractivity contribution in [1.82, 2.24) is 10.2 Å². The molecular formula is C17H29Cl2N3O. The van der Waals surface area contributed by atoms with Gasteiger partial charge in [0.2, 0.25) is 5.91 Å². The number of amides is 1. The Kier molecular flexibility index (Phi) is 10.5.